The summed E-state index contributed by atoms with van der Waals surface area (Å²) in [4.78, 5) is 11.7. The summed E-state index contributed by atoms with van der Waals surface area (Å²) in [7, 11) is 1.76. The number of thioether (sulfide) groups is 1. The van der Waals surface area contributed by atoms with E-state index < -0.39 is 0 Å². The maximum absolute atomic E-state index is 13.8. The van der Waals surface area contributed by atoms with Crippen LogP contribution in [0.3, 0.4) is 0 Å². The molecule has 2 aromatic rings. The topological polar surface area (TPSA) is 59.8 Å². The summed E-state index contributed by atoms with van der Waals surface area (Å²) < 4.78 is 15.5. The number of nitrogens with zero attached hydrogens (tertiary/aromatic N) is 3. The van der Waals surface area contributed by atoms with E-state index in [4.69, 9.17) is 0 Å². The molecule has 0 aliphatic heterocycles. The second kappa shape index (κ2) is 7.40. The van der Waals surface area contributed by atoms with E-state index in [1.54, 1.807) is 29.8 Å². The Morgan fingerprint density at radius 3 is 2.77 bits per heavy atom. The average Bonchev–Trinajstić information content (AvgIpc) is 2.84. The Hall–Kier alpha value is -1.89. The molecule has 0 fully saturated rings. The molecule has 0 aliphatic rings. The number of hydrogen-bond acceptors (Lipinski definition) is 4. The first-order valence-electron chi connectivity index (χ1n) is 7.02. The summed E-state index contributed by atoms with van der Waals surface area (Å²) >= 11 is 1.28. The molecule has 0 atom stereocenters. The molecular formula is C15H19FN4OS. The van der Waals surface area contributed by atoms with E-state index in [0.717, 1.165) is 0 Å². The van der Waals surface area contributed by atoms with Crippen LogP contribution in [0, 0.1) is 11.7 Å². The molecule has 0 bridgehead atoms. The van der Waals surface area contributed by atoms with Gasteiger partial charge in [0.05, 0.1) is 11.3 Å². The number of nitrogens with one attached hydrogen (secondary N) is 1. The van der Waals surface area contributed by atoms with Crippen LogP contribution in [0.15, 0.2) is 29.4 Å². The zero-order valence-corrected chi connectivity index (χ0v) is 13.7. The molecule has 0 aliphatic carbocycles. The van der Waals surface area contributed by atoms with Crippen LogP contribution in [0.25, 0.3) is 11.4 Å². The molecule has 2 rings (SSSR count). The second-order valence-corrected chi connectivity index (χ2v) is 6.27. The minimum atomic E-state index is -0.343. The van der Waals surface area contributed by atoms with Gasteiger partial charge in [-0.2, -0.15) is 0 Å². The van der Waals surface area contributed by atoms with Gasteiger partial charge in [0.2, 0.25) is 5.91 Å². The van der Waals surface area contributed by atoms with Gasteiger partial charge >= 0.3 is 0 Å². The Labute approximate surface area is 133 Å². The first-order chi connectivity index (χ1) is 10.5. The van der Waals surface area contributed by atoms with Crippen molar-refractivity contribution in [2.24, 2.45) is 13.0 Å². The van der Waals surface area contributed by atoms with E-state index in [9.17, 15) is 9.18 Å². The van der Waals surface area contributed by atoms with Crippen molar-refractivity contribution in [3.05, 3.63) is 30.1 Å². The molecule has 5 nitrogen and oxygen atoms in total. The molecule has 0 saturated heterocycles. The molecule has 1 aromatic carbocycles. The third kappa shape index (κ3) is 4.07. The predicted octanol–water partition coefficient (Wildman–Crippen LogP) is 2.49. The number of amides is 1. The molecule has 7 heteroatoms. The van der Waals surface area contributed by atoms with Gasteiger partial charge in [-0.3, -0.25) is 4.79 Å². The van der Waals surface area contributed by atoms with E-state index in [1.807, 2.05) is 13.8 Å². The molecule has 1 aromatic heterocycles. The summed E-state index contributed by atoms with van der Waals surface area (Å²) in [5.74, 6) is 0.730. The van der Waals surface area contributed by atoms with Crippen LogP contribution in [0.4, 0.5) is 4.39 Å². The van der Waals surface area contributed by atoms with Gasteiger partial charge in [-0.25, -0.2) is 4.39 Å². The van der Waals surface area contributed by atoms with Crippen LogP contribution >= 0.6 is 11.8 Å². The highest BCUT2D eigenvalue weighted by Crippen LogP contribution is 2.24. The van der Waals surface area contributed by atoms with Crippen LogP contribution in [-0.4, -0.2) is 33.0 Å². The van der Waals surface area contributed by atoms with Gasteiger partial charge in [0.25, 0.3) is 0 Å². The Bertz CT molecular complexity index is 657. The highest BCUT2D eigenvalue weighted by Gasteiger charge is 2.15. The Morgan fingerprint density at radius 1 is 1.36 bits per heavy atom. The van der Waals surface area contributed by atoms with Crippen LogP contribution in [0.2, 0.25) is 0 Å². The Kier molecular flexibility index (Phi) is 5.54. The summed E-state index contributed by atoms with van der Waals surface area (Å²) in [6.07, 6.45) is 0. The molecule has 22 heavy (non-hydrogen) atoms. The fourth-order valence-corrected chi connectivity index (χ4v) is 2.56. The largest absolute Gasteiger partial charge is 0.355 e. The molecule has 0 radical (unpaired) electrons. The second-order valence-electron chi connectivity index (χ2n) is 5.33. The lowest BCUT2D eigenvalue weighted by molar-refractivity contribution is -0.118. The lowest BCUT2D eigenvalue weighted by Gasteiger charge is -2.07. The van der Waals surface area contributed by atoms with E-state index in [-0.39, 0.29) is 17.5 Å². The molecule has 0 saturated carbocycles. The number of benzene rings is 1. The van der Waals surface area contributed by atoms with Gasteiger partial charge in [0.15, 0.2) is 11.0 Å². The summed E-state index contributed by atoms with van der Waals surface area (Å²) in [6, 6.07) is 6.42. The normalized spacial score (nSPS) is 11.0. The fourth-order valence-electron chi connectivity index (χ4n) is 1.82. The number of carbonyl (C=O) groups excluding carboxylic acids is 1. The van der Waals surface area contributed by atoms with Gasteiger partial charge in [0, 0.05) is 13.6 Å². The smallest absolute Gasteiger partial charge is 0.230 e. The third-order valence-corrected chi connectivity index (χ3v) is 4.01. The van der Waals surface area contributed by atoms with Gasteiger partial charge in [0.1, 0.15) is 5.82 Å². The molecule has 1 N–H and O–H groups in total. The first-order valence-corrected chi connectivity index (χ1v) is 8.01. The molecule has 1 amide bonds. The van der Waals surface area contributed by atoms with Crippen molar-refractivity contribution in [2.75, 3.05) is 12.3 Å². The highest BCUT2D eigenvalue weighted by atomic mass is 32.2. The van der Waals surface area contributed by atoms with Crippen molar-refractivity contribution in [3.63, 3.8) is 0 Å². The minimum absolute atomic E-state index is 0.0471. The van der Waals surface area contributed by atoms with Gasteiger partial charge in [-0.15, -0.1) is 10.2 Å². The van der Waals surface area contributed by atoms with Crippen molar-refractivity contribution in [1.29, 1.82) is 0 Å². The zero-order chi connectivity index (χ0) is 16.1. The van der Waals surface area contributed by atoms with Gasteiger partial charge < -0.3 is 9.88 Å². The first kappa shape index (κ1) is 16.5. The number of halogens is 1. The monoisotopic (exact) mass is 322 g/mol. The number of rotatable bonds is 6. The standard InChI is InChI=1S/C15H19FN4OS/c1-10(2)8-17-13(21)9-22-15-19-18-14(20(15)3)11-6-4-5-7-12(11)16/h4-7,10H,8-9H2,1-3H3,(H,17,21). The van der Waals surface area contributed by atoms with Gasteiger partial charge in [-0.1, -0.05) is 37.7 Å². The lowest BCUT2D eigenvalue weighted by atomic mass is 10.2. The van der Waals surface area contributed by atoms with E-state index in [2.05, 4.69) is 15.5 Å². The minimum Gasteiger partial charge on any atom is -0.355 e. The fraction of sp³-hybridized carbons (Fsp3) is 0.400. The zero-order valence-electron chi connectivity index (χ0n) is 12.8. The Morgan fingerprint density at radius 2 is 2.09 bits per heavy atom. The SMILES string of the molecule is CC(C)CNC(=O)CSc1nnc(-c2ccccc2F)n1C. The van der Waals surface area contributed by atoms with E-state index >= 15 is 0 Å². The predicted molar refractivity (Wildman–Crippen MR) is 85.0 cm³/mol. The van der Waals surface area contributed by atoms with Crippen molar-refractivity contribution in [3.8, 4) is 11.4 Å². The van der Waals surface area contributed by atoms with Crippen LogP contribution in [-0.2, 0) is 11.8 Å². The van der Waals surface area contributed by atoms with Gasteiger partial charge in [-0.05, 0) is 18.1 Å². The Balaban J connectivity index is 2.03. The van der Waals surface area contributed by atoms with Crippen molar-refractivity contribution >= 4 is 17.7 Å². The number of hydrogen-bond donors (Lipinski definition) is 1. The summed E-state index contributed by atoms with van der Waals surface area (Å²) in [5.41, 5.74) is 0.397. The van der Waals surface area contributed by atoms with E-state index in [1.165, 1.54) is 17.8 Å². The van der Waals surface area contributed by atoms with E-state index in [0.29, 0.717) is 29.0 Å². The molecule has 118 valence electrons. The maximum Gasteiger partial charge on any atom is 0.230 e. The lowest BCUT2D eigenvalue weighted by Crippen LogP contribution is -2.28. The highest BCUT2D eigenvalue weighted by molar-refractivity contribution is 7.99. The van der Waals surface area contributed by atoms with Crippen LogP contribution in [0.1, 0.15) is 13.8 Å². The molecule has 0 unspecified atom stereocenters. The third-order valence-electron chi connectivity index (χ3n) is 2.99. The van der Waals surface area contributed by atoms with Crippen molar-refractivity contribution in [2.45, 2.75) is 19.0 Å². The quantitative estimate of drug-likeness (QED) is 0.830. The number of carbonyl (C=O) groups is 1. The summed E-state index contributed by atoms with van der Waals surface area (Å²) in [6.45, 7) is 4.73. The van der Waals surface area contributed by atoms with Crippen LogP contribution in [0.5, 0.6) is 0 Å². The molecular weight excluding hydrogens is 303 g/mol. The number of aromatic nitrogens is 3. The molecule has 0 spiro atoms. The molecule has 1 heterocycles. The van der Waals surface area contributed by atoms with Crippen LogP contribution < -0.4 is 5.32 Å². The summed E-state index contributed by atoms with van der Waals surface area (Å²) in [5, 5.41) is 11.5. The van der Waals surface area contributed by atoms with Crippen molar-refractivity contribution < 1.29 is 9.18 Å². The maximum atomic E-state index is 13.8. The van der Waals surface area contributed by atoms with Crippen molar-refractivity contribution in [1.82, 2.24) is 20.1 Å². The average molecular weight is 322 g/mol.